The molecule has 30 heavy (non-hydrogen) atoms. The minimum atomic E-state index is 0.0328. The maximum atomic E-state index is 12.6. The van der Waals surface area contributed by atoms with Gasteiger partial charge in [-0.25, -0.2) is 0 Å². The van der Waals surface area contributed by atoms with E-state index in [-0.39, 0.29) is 23.3 Å². The Labute approximate surface area is 180 Å². The normalized spacial score (nSPS) is 18.9. The summed E-state index contributed by atoms with van der Waals surface area (Å²) < 4.78 is 5.51. The van der Waals surface area contributed by atoms with Gasteiger partial charge in [-0.05, 0) is 43.7 Å². The number of likely N-dealkylation sites (tertiary alicyclic amines) is 1. The van der Waals surface area contributed by atoms with Crippen molar-refractivity contribution in [3.8, 4) is 11.4 Å². The highest BCUT2D eigenvalue weighted by atomic mass is 16.5. The van der Waals surface area contributed by atoms with Crippen LogP contribution in [0.3, 0.4) is 0 Å². The number of carbonyl (C=O) groups is 1. The molecule has 0 radical (unpaired) electrons. The number of amides is 1. The largest absolute Gasteiger partial charge is 0.353 e. The first-order valence-corrected chi connectivity index (χ1v) is 11.2. The number of benzene rings is 1. The molecule has 6 heteroatoms. The third-order valence-electron chi connectivity index (χ3n) is 5.82. The summed E-state index contributed by atoms with van der Waals surface area (Å²) in [6.45, 7) is 13.1. The topological polar surface area (TPSA) is 71.3 Å². The standard InChI is InChI=1S/C24H36N4O2/c1-6-8-17(2)25-23(29)19-9-7-14-28(15-19)16-21-26-22(27-30-21)18-10-12-20(13-11-18)24(3,4)5/h10-13,17,19H,6-9,14-16H2,1-5H3,(H,25,29). The van der Waals surface area contributed by atoms with Crippen molar-refractivity contribution in [3.63, 3.8) is 0 Å². The smallest absolute Gasteiger partial charge is 0.241 e. The molecule has 0 bridgehead atoms. The van der Waals surface area contributed by atoms with Gasteiger partial charge in [-0.3, -0.25) is 9.69 Å². The van der Waals surface area contributed by atoms with Crippen LogP contribution >= 0.6 is 0 Å². The zero-order valence-corrected chi connectivity index (χ0v) is 19.1. The molecule has 0 spiro atoms. The predicted molar refractivity (Wildman–Crippen MR) is 119 cm³/mol. The Balaban J connectivity index is 1.58. The molecule has 1 aromatic carbocycles. The molecule has 0 saturated carbocycles. The zero-order valence-electron chi connectivity index (χ0n) is 19.1. The molecule has 1 amide bonds. The van der Waals surface area contributed by atoms with Crippen LogP contribution in [0, 0.1) is 5.92 Å². The highest BCUT2D eigenvalue weighted by molar-refractivity contribution is 5.79. The third-order valence-corrected chi connectivity index (χ3v) is 5.82. The van der Waals surface area contributed by atoms with Gasteiger partial charge in [0.1, 0.15) is 0 Å². The lowest BCUT2D eigenvalue weighted by molar-refractivity contribution is -0.127. The summed E-state index contributed by atoms with van der Waals surface area (Å²) in [7, 11) is 0. The molecule has 1 saturated heterocycles. The number of nitrogens with one attached hydrogen (secondary N) is 1. The van der Waals surface area contributed by atoms with Crippen LogP contribution < -0.4 is 5.32 Å². The Kier molecular flexibility index (Phi) is 7.29. The van der Waals surface area contributed by atoms with Crippen molar-refractivity contribution in [1.82, 2.24) is 20.4 Å². The van der Waals surface area contributed by atoms with E-state index in [9.17, 15) is 4.79 Å². The van der Waals surface area contributed by atoms with Crippen molar-refractivity contribution in [2.45, 2.75) is 78.3 Å². The number of nitrogens with zero attached hydrogens (tertiary/aromatic N) is 3. The van der Waals surface area contributed by atoms with Gasteiger partial charge in [0.25, 0.3) is 0 Å². The minimum absolute atomic E-state index is 0.0328. The second-order valence-electron chi connectivity index (χ2n) is 9.61. The summed E-state index contributed by atoms with van der Waals surface area (Å²) in [4.78, 5) is 19.4. The Morgan fingerprint density at radius 1 is 1.30 bits per heavy atom. The van der Waals surface area contributed by atoms with E-state index in [1.54, 1.807) is 0 Å². The Morgan fingerprint density at radius 3 is 2.70 bits per heavy atom. The Bertz CT molecular complexity index is 822. The summed E-state index contributed by atoms with van der Waals surface area (Å²) in [5.74, 6) is 1.42. The number of rotatable bonds is 7. The molecule has 1 aromatic heterocycles. The molecule has 1 N–H and O–H groups in total. The molecule has 2 atom stereocenters. The molecule has 0 aliphatic carbocycles. The van der Waals surface area contributed by atoms with Gasteiger partial charge in [0.2, 0.25) is 17.6 Å². The van der Waals surface area contributed by atoms with Crippen LogP contribution in [0.5, 0.6) is 0 Å². The molecule has 3 rings (SSSR count). The lowest BCUT2D eigenvalue weighted by Gasteiger charge is -2.31. The Morgan fingerprint density at radius 2 is 2.03 bits per heavy atom. The molecular weight excluding hydrogens is 376 g/mol. The van der Waals surface area contributed by atoms with E-state index < -0.39 is 0 Å². The van der Waals surface area contributed by atoms with Crippen LogP contribution in [-0.2, 0) is 16.8 Å². The number of hydrogen-bond acceptors (Lipinski definition) is 5. The van der Waals surface area contributed by atoms with Crippen LogP contribution in [0.15, 0.2) is 28.8 Å². The predicted octanol–water partition coefficient (Wildman–Crippen LogP) is 4.55. The SMILES string of the molecule is CCCC(C)NC(=O)C1CCCN(Cc2nc(-c3ccc(C(C)(C)C)cc3)no2)C1. The molecule has 1 aliphatic rings. The lowest BCUT2D eigenvalue weighted by atomic mass is 9.87. The number of piperidine rings is 1. The van der Waals surface area contributed by atoms with Crippen LogP contribution in [-0.4, -0.2) is 40.1 Å². The minimum Gasteiger partial charge on any atom is -0.353 e. The van der Waals surface area contributed by atoms with Crippen molar-refractivity contribution in [2.75, 3.05) is 13.1 Å². The van der Waals surface area contributed by atoms with Crippen molar-refractivity contribution >= 4 is 5.91 Å². The van der Waals surface area contributed by atoms with Gasteiger partial charge in [0, 0.05) is 18.2 Å². The number of aromatic nitrogens is 2. The second-order valence-corrected chi connectivity index (χ2v) is 9.61. The van der Waals surface area contributed by atoms with Crippen LogP contribution in [0.25, 0.3) is 11.4 Å². The van der Waals surface area contributed by atoms with Crippen LogP contribution in [0.4, 0.5) is 0 Å². The van der Waals surface area contributed by atoms with Crippen molar-refractivity contribution < 1.29 is 9.32 Å². The van der Waals surface area contributed by atoms with Crippen molar-refractivity contribution in [2.24, 2.45) is 5.92 Å². The first-order chi connectivity index (χ1) is 14.3. The fourth-order valence-corrected chi connectivity index (χ4v) is 4.03. The maximum Gasteiger partial charge on any atom is 0.241 e. The van der Waals surface area contributed by atoms with E-state index in [4.69, 9.17) is 4.52 Å². The third kappa shape index (κ3) is 5.91. The monoisotopic (exact) mass is 412 g/mol. The van der Waals surface area contributed by atoms with Gasteiger partial charge in [-0.2, -0.15) is 4.98 Å². The first-order valence-electron chi connectivity index (χ1n) is 11.2. The van der Waals surface area contributed by atoms with Crippen LogP contribution in [0.2, 0.25) is 0 Å². The van der Waals surface area contributed by atoms with Gasteiger partial charge in [0.15, 0.2) is 0 Å². The summed E-state index contributed by atoms with van der Waals surface area (Å²) >= 11 is 0. The first kappa shape index (κ1) is 22.5. The molecule has 6 nitrogen and oxygen atoms in total. The summed E-state index contributed by atoms with van der Waals surface area (Å²) in [5.41, 5.74) is 2.35. The fourth-order valence-electron chi connectivity index (χ4n) is 4.03. The van der Waals surface area contributed by atoms with Crippen molar-refractivity contribution in [3.05, 3.63) is 35.7 Å². The van der Waals surface area contributed by atoms with E-state index >= 15 is 0 Å². The number of hydrogen-bond donors (Lipinski definition) is 1. The Hall–Kier alpha value is -2.21. The number of carbonyl (C=O) groups excluding carboxylic acids is 1. The van der Waals surface area contributed by atoms with Crippen molar-refractivity contribution in [1.29, 1.82) is 0 Å². The van der Waals surface area contributed by atoms with Gasteiger partial charge in [0.05, 0.1) is 12.5 Å². The maximum absolute atomic E-state index is 12.6. The highest BCUT2D eigenvalue weighted by Gasteiger charge is 2.27. The highest BCUT2D eigenvalue weighted by Crippen LogP contribution is 2.25. The van der Waals surface area contributed by atoms with E-state index in [2.05, 4.69) is 67.1 Å². The lowest BCUT2D eigenvalue weighted by Crippen LogP contribution is -2.45. The second kappa shape index (κ2) is 9.73. The molecule has 2 unspecified atom stereocenters. The molecule has 164 valence electrons. The van der Waals surface area contributed by atoms with Crippen LogP contribution in [0.1, 0.15) is 71.8 Å². The fraction of sp³-hybridized carbons (Fsp3) is 0.625. The quantitative estimate of drug-likeness (QED) is 0.722. The summed E-state index contributed by atoms with van der Waals surface area (Å²) in [5, 5.41) is 7.32. The van der Waals surface area contributed by atoms with Gasteiger partial charge in [-0.1, -0.05) is 63.5 Å². The average Bonchev–Trinajstić information content (AvgIpc) is 3.16. The van der Waals surface area contributed by atoms with E-state index in [1.807, 2.05) is 12.1 Å². The molecule has 1 aliphatic heterocycles. The molecule has 1 fully saturated rings. The molecular formula is C24H36N4O2. The van der Waals surface area contributed by atoms with Gasteiger partial charge < -0.3 is 9.84 Å². The average molecular weight is 413 g/mol. The van der Waals surface area contributed by atoms with Gasteiger partial charge >= 0.3 is 0 Å². The molecule has 2 heterocycles. The molecule has 2 aromatic rings. The van der Waals surface area contributed by atoms with E-state index in [0.29, 0.717) is 18.3 Å². The summed E-state index contributed by atoms with van der Waals surface area (Å²) in [6, 6.07) is 8.58. The van der Waals surface area contributed by atoms with E-state index in [0.717, 1.165) is 44.3 Å². The summed E-state index contributed by atoms with van der Waals surface area (Å²) in [6.07, 6.45) is 4.05. The van der Waals surface area contributed by atoms with Gasteiger partial charge in [-0.15, -0.1) is 0 Å². The van der Waals surface area contributed by atoms with E-state index in [1.165, 1.54) is 5.56 Å². The zero-order chi connectivity index (χ0) is 21.7.